The second kappa shape index (κ2) is 11.5. The first kappa shape index (κ1) is 25.0. The lowest BCUT2D eigenvalue weighted by Crippen LogP contribution is -2.47. The Labute approximate surface area is 203 Å². The molecule has 3 rings (SSSR count). The molecule has 9 heteroatoms. The minimum Gasteiger partial charge on any atom is -0.497 e. The molecule has 3 aromatic rings. The minimum atomic E-state index is -0.763. The van der Waals surface area contributed by atoms with Gasteiger partial charge >= 0.3 is 0 Å². The molecule has 0 aliphatic carbocycles. The van der Waals surface area contributed by atoms with E-state index in [9.17, 15) is 9.59 Å². The molecule has 0 saturated carbocycles. The molecule has 0 bridgehead atoms. The summed E-state index contributed by atoms with van der Waals surface area (Å²) in [6.45, 7) is 6.02. The van der Waals surface area contributed by atoms with Crippen LogP contribution in [0.4, 0.5) is 5.13 Å². The fourth-order valence-electron chi connectivity index (χ4n) is 3.34. The standard InChI is InChI=1S/C25H29N3O5S/c1-6-33-21-10-8-7-9-17(21)23(29)27-22(15(2)3)24(30)28-25-26-19(14-34-25)18-13-16(31-4)11-12-20(18)32-5/h7-15,22H,6H2,1-5H3,(H,27,29)(H,26,28,30). The number of nitrogens with zero attached hydrogens (tertiary/aromatic N) is 1. The first-order valence-corrected chi connectivity index (χ1v) is 11.8. The van der Waals surface area contributed by atoms with Crippen LogP contribution in [-0.2, 0) is 4.79 Å². The van der Waals surface area contributed by atoms with Gasteiger partial charge in [-0.1, -0.05) is 26.0 Å². The number of ether oxygens (including phenoxy) is 3. The molecule has 2 aromatic carbocycles. The summed E-state index contributed by atoms with van der Waals surface area (Å²) in [4.78, 5) is 30.5. The Morgan fingerprint density at radius 2 is 1.82 bits per heavy atom. The number of nitrogens with one attached hydrogen (secondary N) is 2. The van der Waals surface area contributed by atoms with E-state index in [4.69, 9.17) is 14.2 Å². The van der Waals surface area contributed by atoms with Crippen molar-refractivity contribution in [3.05, 3.63) is 53.4 Å². The van der Waals surface area contributed by atoms with Gasteiger partial charge in [0.1, 0.15) is 23.3 Å². The zero-order valence-electron chi connectivity index (χ0n) is 19.9. The number of carbonyl (C=O) groups excluding carboxylic acids is 2. The predicted molar refractivity (Wildman–Crippen MR) is 133 cm³/mol. The molecule has 1 heterocycles. The Morgan fingerprint density at radius 3 is 2.50 bits per heavy atom. The average Bonchev–Trinajstić information content (AvgIpc) is 3.30. The number of methoxy groups -OCH3 is 2. The van der Waals surface area contributed by atoms with E-state index in [1.54, 1.807) is 50.6 Å². The molecule has 0 spiro atoms. The van der Waals surface area contributed by atoms with Gasteiger partial charge in [-0.25, -0.2) is 4.98 Å². The molecule has 0 aliphatic heterocycles. The molecule has 0 fully saturated rings. The van der Waals surface area contributed by atoms with Crippen molar-refractivity contribution in [3.63, 3.8) is 0 Å². The zero-order valence-corrected chi connectivity index (χ0v) is 20.7. The van der Waals surface area contributed by atoms with Gasteiger partial charge in [0.05, 0.1) is 32.1 Å². The topological polar surface area (TPSA) is 98.8 Å². The van der Waals surface area contributed by atoms with E-state index in [1.165, 1.54) is 11.3 Å². The van der Waals surface area contributed by atoms with Crippen LogP contribution >= 0.6 is 11.3 Å². The number of anilines is 1. The summed E-state index contributed by atoms with van der Waals surface area (Å²) < 4.78 is 16.3. The fourth-order valence-corrected chi connectivity index (χ4v) is 4.06. The van der Waals surface area contributed by atoms with Crippen molar-refractivity contribution in [2.75, 3.05) is 26.1 Å². The molecule has 2 N–H and O–H groups in total. The van der Waals surface area contributed by atoms with Crippen LogP contribution in [0, 0.1) is 5.92 Å². The first-order chi connectivity index (χ1) is 16.4. The van der Waals surface area contributed by atoms with Crippen molar-refractivity contribution >= 4 is 28.3 Å². The molecule has 0 aliphatic rings. The van der Waals surface area contributed by atoms with Crippen LogP contribution in [0.15, 0.2) is 47.8 Å². The summed E-state index contributed by atoms with van der Waals surface area (Å²) in [5.74, 6) is 0.909. The quantitative estimate of drug-likeness (QED) is 0.437. The smallest absolute Gasteiger partial charge is 0.255 e. The number of para-hydroxylation sites is 1. The lowest BCUT2D eigenvalue weighted by atomic mass is 10.0. The minimum absolute atomic E-state index is 0.152. The lowest BCUT2D eigenvalue weighted by Gasteiger charge is -2.21. The predicted octanol–water partition coefficient (Wildman–Crippen LogP) is 4.62. The summed E-state index contributed by atoms with van der Waals surface area (Å²) in [6.07, 6.45) is 0. The lowest BCUT2D eigenvalue weighted by molar-refractivity contribution is -0.118. The highest BCUT2D eigenvalue weighted by Gasteiger charge is 2.27. The third-order valence-electron chi connectivity index (χ3n) is 5.08. The number of hydrogen-bond acceptors (Lipinski definition) is 7. The first-order valence-electron chi connectivity index (χ1n) is 10.9. The monoisotopic (exact) mass is 483 g/mol. The van der Waals surface area contributed by atoms with E-state index in [2.05, 4.69) is 15.6 Å². The molecule has 1 atom stereocenters. The second-order valence-electron chi connectivity index (χ2n) is 7.72. The maximum atomic E-state index is 13.1. The van der Waals surface area contributed by atoms with Gasteiger partial charge in [0.15, 0.2) is 5.13 Å². The Bertz CT molecular complexity index is 1150. The number of amides is 2. The van der Waals surface area contributed by atoms with Crippen LogP contribution in [0.25, 0.3) is 11.3 Å². The third-order valence-corrected chi connectivity index (χ3v) is 5.84. The van der Waals surface area contributed by atoms with Crippen molar-refractivity contribution in [1.82, 2.24) is 10.3 Å². The van der Waals surface area contributed by atoms with Crippen LogP contribution in [0.5, 0.6) is 17.2 Å². The summed E-state index contributed by atoms with van der Waals surface area (Å²) in [7, 11) is 3.17. The number of thiazole rings is 1. The Kier molecular flexibility index (Phi) is 8.48. The van der Waals surface area contributed by atoms with Gasteiger partial charge < -0.3 is 24.8 Å². The number of hydrogen-bond donors (Lipinski definition) is 2. The summed E-state index contributed by atoms with van der Waals surface area (Å²) >= 11 is 1.29. The van der Waals surface area contributed by atoms with Gasteiger partial charge in [0.25, 0.3) is 5.91 Å². The van der Waals surface area contributed by atoms with Crippen LogP contribution in [-0.4, -0.2) is 43.7 Å². The number of rotatable bonds is 10. The van der Waals surface area contributed by atoms with Crippen LogP contribution in [0.2, 0.25) is 0 Å². The second-order valence-corrected chi connectivity index (χ2v) is 8.58. The SMILES string of the molecule is CCOc1ccccc1C(=O)NC(C(=O)Nc1nc(-c2cc(OC)ccc2OC)cs1)C(C)C. The van der Waals surface area contributed by atoms with Gasteiger partial charge in [0, 0.05) is 10.9 Å². The van der Waals surface area contributed by atoms with Gasteiger partial charge in [0.2, 0.25) is 5.91 Å². The Morgan fingerprint density at radius 1 is 1.06 bits per heavy atom. The summed E-state index contributed by atoms with van der Waals surface area (Å²) in [5.41, 5.74) is 1.77. The maximum Gasteiger partial charge on any atom is 0.255 e. The molecule has 0 radical (unpaired) electrons. The Balaban J connectivity index is 1.77. The Hall–Kier alpha value is -3.59. The van der Waals surface area contributed by atoms with Crippen molar-refractivity contribution in [2.45, 2.75) is 26.8 Å². The number of benzene rings is 2. The fraction of sp³-hybridized carbons (Fsp3) is 0.320. The normalized spacial score (nSPS) is 11.6. The van der Waals surface area contributed by atoms with E-state index < -0.39 is 6.04 Å². The van der Waals surface area contributed by atoms with Gasteiger partial charge in [-0.3, -0.25) is 9.59 Å². The zero-order chi connectivity index (χ0) is 24.7. The van der Waals surface area contributed by atoms with Gasteiger partial charge in [-0.2, -0.15) is 0 Å². The highest BCUT2D eigenvalue weighted by atomic mass is 32.1. The van der Waals surface area contributed by atoms with Crippen LogP contribution in [0.1, 0.15) is 31.1 Å². The molecular formula is C25H29N3O5S. The highest BCUT2D eigenvalue weighted by Crippen LogP contribution is 2.35. The van der Waals surface area contributed by atoms with Crippen molar-refractivity contribution in [3.8, 4) is 28.5 Å². The number of aromatic nitrogens is 1. The summed E-state index contributed by atoms with van der Waals surface area (Å²) in [5, 5.41) is 7.90. The molecule has 180 valence electrons. The van der Waals surface area contributed by atoms with E-state index >= 15 is 0 Å². The molecule has 1 unspecified atom stereocenters. The van der Waals surface area contributed by atoms with E-state index in [1.807, 2.05) is 32.2 Å². The summed E-state index contributed by atoms with van der Waals surface area (Å²) in [6, 6.07) is 11.6. The molecule has 2 amide bonds. The van der Waals surface area contributed by atoms with E-state index in [0.717, 1.165) is 5.56 Å². The average molecular weight is 484 g/mol. The molecular weight excluding hydrogens is 454 g/mol. The van der Waals surface area contributed by atoms with Crippen molar-refractivity contribution < 1.29 is 23.8 Å². The molecule has 1 aromatic heterocycles. The van der Waals surface area contributed by atoms with Crippen LogP contribution in [0.3, 0.4) is 0 Å². The van der Waals surface area contributed by atoms with Crippen molar-refractivity contribution in [2.24, 2.45) is 5.92 Å². The highest BCUT2D eigenvalue weighted by molar-refractivity contribution is 7.14. The van der Waals surface area contributed by atoms with Gasteiger partial charge in [-0.05, 0) is 43.2 Å². The largest absolute Gasteiger partial charge is 0.497 e. The third kappa shape index (κ3) is 5.85. The molecule has 0 saturated heterocycles. The molecule has 8 nitrogen and oxygen atoms in total. The molecule has 34 heavy (non-hydrogen) atoms. The number of carbonyl (C=O) groups is 2. The van der Waals surface area contributed by atoms with Crippen LogP contribution < -0.4 is 24.8 Å². The van der Waals surface area contributed by atoms with Gasteiger partial charge in [-0.15, -0.1) is 11.3 Å². The van der Waals surface area contributed by atoms with E-state index in [-0.39, 0.29) is 17.7 Å². The van der Waals surface area contributed by atoms with E-state index in [0.29, 0.717) is 40.2 Å². The maximum absolute atomic E-state index is 13.1. The van der Waals surface area contributed by atoms with Crippen molar-refractivity contribution in [1.29, 1.82) is 0 Å².